The van der Waals surface area contributed by atoms with Gasteiger partial charge in [0.1, 0.15) is 0 Å². The minimum Gasteiger partial charge on any atom is -0.384 e. The number of hydrogen-bond acceptors (Lipinski definition) is 4. The van der Waals surface area contributed by atoms with Gasteiger partial charge in [-0.05, 0) is 23.5 Å². The van der Waals surface area contributed by atoms with Crippen LogP contribution in [0.5, 0.6) is 0 Å². The van der Waals surface area contributed by atoms with E-state index in [1.54, 1.807) is 0 Å². The minimum atomic E-state index is -2.86. The average molecular weight is 294 g/mol. The second-order valence-electron chi connectivity index (χ2n) is 6.08. The second kappa shape index (κ2) is 5.37. The number of rotatable bonds is 2. The van der Waals surface area contributed by atoms with E-state index in [2.05, 4.69) is 28.4 Å². The molecule has 5 heteroatoms. The zero-order chi connectivity index (χ0) is 14.2. The summed E-state index contributed by atoms with van der Waals surface area (Å²) in [6, 6.07) is 6.44. The molecule has 0 radical (unpaired) electrons. The van der Waals surface area contributed by atoms with Crippen LogP contribution in [-0.4, -0.2) is 44.5 Å². The Bertz CT molecular complexity index is 598. The minimum absolute atomic E-state index is 0.215. The Kier molecular flexibility index (Phi) is 3.73. The molecule has 1 unspecified atom stereocenters. The van der Waals surface area contributed by atoms with E-state index in [0.29, 0.717) is 18.1 Å². The van der Waals surface area contributed by atoms with Crippen molar-refractivity contribution in [2.45, 2.75) is 19.9 Å². The molecule has 4 nitrogen and oxygen atoms in total. The van der Waals surface area contributed by atoms with Crippen LogP contribution in [0.4, 0.5) is 5.69 Å². The Morgan fingerprint density at radius 2 is 2.25 bits per heavy atom. The van der Waals surface area contributed by atoms with Gasteiger partial charge in [-0.1, -0.05) is 25.1 Å². The second-order valence-corrected chi connectivity index (χ2v) is 8.31. The first kappa shape index (κ1) is 13.9. The summed E-state index contributed by atoms with van der Waals surface area (Å²) >= 11 is 0. The van der Waals surface area contributed by atoms with Crippen LogP contribution in [0, 0.1) is 5.92 Å². The van der Waals surface area contributed by atoms with Crippen LogP contribution in [0.15, 0.2) is 18.2 Å². The van der Waals surface area contributed by atoms with Gasteiger partial charge in [-0.2, -0.15) is 0 Å². The maximum Gasteiger partial charge on any atom is 0.151 e. The molecule has 3 rings (SSSR count). The van der Waals surface area contributed by atoms with Crippen LogP contribution in [0.2, 0.25) is 0 Å². The maximum absolute atomic E-state index is 11.8. The Labute approximate surface area is 121 Å². The van der Waals surface area contributed by atoms with Gasteiger partial charge in [-0.3, -0.25) is 4.90 Å². The zero-order valence-corrected chi connectivity index (χ0v) is 12.7. The van der Waals surface area contributed by atoms with Gasteiger partial charge in [0, 0.05) is 31.9 Å². The molecule has 0 bridgehead atoms. The molecular formula is C15H22N2O2S. The number of para-hydroxylation sites is 1. The molecule has 0 saturated carbocycles. The van der Waals surface area contributed by atoms with Crippen LogP contribution in [0.25, 0.3) is 0 Å². The predicted octanol–water partition coefficient (Wildman–Crippen LogP) is 1.52. The molecule has 110 valence electrons. The molecule has 1 fully saturated rings. The Morgan fingerprint density at radius 1 is 1.40 bits per heavy atom. The van der Waals surface area contributed by atoms with E-state index in [4.69, 9.17) is 0 Å². The van der Waals surface area contributed by atoms with Crippen LogP contribution in [0.1, 0.15) is 18.1 Å². The van der Waals surface area contributed by atoms with E-state index < -0.39 is 9.84 Å². The Morgan fingerprint density at radius 3 is 3.10 bits per heavy atom. The van der Waals surface area contributed by atoms with E-state index >= 15 is 0 Å². The number of nitrogens with one attached hydrogen (secondary N) is 1. The van der Waals surface area contributed by atoms with Crippen molar-refractivity contribution in [3.05, 3.63) is 29.3 Å². The lowest BCUT2D eigenvalue weighted by Crippen LogP contribution is -2.29. The zero-order valence-electron chi connectivity index (χ0n) is 11.9. The average Bonchev–Trinajstić information content (AvgIpc) is 2.79. The predicted molar refractivity (Wildman–Crippen MR) is 81.7 cm³/mol. The molecular weight excluding hydrogens is 272 g/mol. The summed E-state index contributed by atoms with van der Waals surface area (Å²) in [5.74, 6) is 0.835. The van der Waals surface area contributed by atoms with Gasteiger partial charge < -0.3 is 5.32 Å². The summed E-state index contributed by atoms with van der Waals surface area (Å²) < 4.78 is 23.7. The summed E-state index contributed by atoms with van der Waals surface area (Å²) in [7, 11) is -2.86. The summed E-state index contributed by atoms with van der Waals surface area (Å²) in [5.41, 5.74) is 3.96. The van der Waals surface area contributed by atoms with Gasteiger partial charge in [0.25, 0.3) is 0 Å². The normalized spacial score (nSPS) is 25.8. The molecule has 1 aromatic rings. The lowest BCUT2D eigenvalue weighted by atomic mass is 10.1. The number of anilines is 1. The van der Waals surface area contributed by atoms with Crippen LogP contribution in [-0.2, 0) is 22.8 Å². The maximum atomic E-state index is 11.8. The molecule has 2 heterocycles. The van der Waals surface area contributed by atoms with Crippen molar-refractivity contribution in [3.8, 4) is 0 Å². The highest BCUT2D eigenvalue weighted by atomic mass is 32.2. The van der Waals surface area contributed by atoms with Crippen molar-refractivity contribution in [2.24, 2.45) is 5.92 Å². The molecule has 20 heavy (non-hydrogen) atoms. The van der Waals surface area contributed by atoms with Gasteiger partial charge in [-0.25, -0.2) is 8.42 Å². The van der Waals surface area contributed by atoms with Crippen LogP contribution in [0.3, 0.4) is 0 Å². The van der Waals surface area contributed by atoms with Crippen molar-refractivity contribution < 1.29 is 8.42 Å². The first-order valence-electron chi connectivity index (χ1n) is 7.31. The van der Waals surface area contributed by atoms with E-state index in [1.165, 1.54) is 16.8 Å². The first-order chi connectivity index (χ1) is 9.53. The number of sulfone groups is 1. The smallest absolute Gasteiger partial charge is 0.151 e. The number of benzene rings is 1. The van der Waals surface area contributed by atoms with Gasteiger partial charge in [-0.15, -0.1) is 0 Å². The quantitative estimate of drug-likeness (QED) is 0.898. The van der Waals surface area contributed by atoms with Gasteiger partial charge in [0.05, 0.1) is 11.5 Å². The lowest BCUT2D eigenvalue weighted by Gasteiger charge is -2.23. The van der Waals surface area contributed by atoms with E-state index in [0.717, 1.165) is 26.1 Å². The molecule has 1 saturated heterocycles. The molecule has 2 aliphatic rings. The first-order valence-corrected chi connectivity index (χ1v) is 9.13. The van der Waals surface area contributed by atoms with Crippen LogP contribution >= 0.6 is 0 Å². The largest absolute Gasteiger partial charge is 0.384 e. The fourth-order valence-electron chi connectivity index (χ4n) is 3.30. The van der Waals surface area contributed by atoms with E-state index in [-0.39, 0.29) is 5.92 Å². The van der Waals surface area contributed by atoms with E-state index in [9.17, 15) is 8.42 Å². The summed E-state index contributed by atoms with van der Waals surface area (Å²) in [6.07, 6.45) is 1.09. The Hall–Kier alpha value is -1.07. The standard InChI is InChI=1S/C15H22N2O2S/c1-12-9-17(7-8-20(18,19)11-12)10-14-4-2-3-13-5-6-16-15(13)14/h2-4,12,16H,5-11H2,1H3. The highest BCUT2D eigenvalue weighted by Gasteiger charge is 2.25. The third-order valence-electron chi connectivity index (χ3n) is 4.15. The number of fused-ring (bicyclic) bond motifs is 1. The molecule has 1 aromatic carbocycles. The summed E-state index contributed by atoms with van der Waals surface area (Å²) in [5, 5.41) is 3.46. The highest BCUT2D eigenvalue weighted by molar-refractivity contribution is 7.91. The van der Waals surface area contributed by atoms with Crippen molar-refractivity contribution >= 4 is 15.5 Å². The fourth-order valence-corrected chi connectivity index (χ4v) is 4.97. The molecule has 1 N–H and O–H groups in total. The fraction of sp³-hybridized carbons (Fsp3) is 0.600. The molecule has 1 atom stereocenters. The lowest BCUT2D eigenvalue weighted by molar-refractivity contribution is 0.257. The number of nitrogens with zero attached hydrogens (tertiary/aromatic N) is 1. The molecule has 2 aliphatic heterocycles. The van der Waals surface area contributed by atoms with Crippen molar-refractivity contribution in [2.75, 3.05) is 36.5 Å². The monoisotopic (exact) mass is 294 g/mol. The topological polar surface area (TPSA) is 49.4 Å². The van der Waals surface area contributed by atoms with Crippen LogP contribution < -0.4 is 5.32 Å². The van der Waals surface area contributed by atoms with Gasteiger partial charge in [0.15, 0.2) is 9.84 Å². The van der Waals surface area contributed by atoms with Crippen molar-refractivity contribution in [1.29, 1.82) is 0 Å². The van der Waals surface area contributed by atoms with Crippen molar-refractivity contribution in [3.63, 3.8) is 0 Å². The third-order valence-corrected chi connectivity index (χ3v) is 6.04. The molecule has 0 spiro atoms. The third kappa shape index (κ3) is 2.99. The summed E-state index contributed by atoms with van der Waals surface area (Å²) in [4.78, 5) is 2.28. The molecule has 0 aliphatic carbocycles. The van der Waals surface area contributed by atoms with E-state index in [1.807, 2.05) is 6.92 Å². The number of hydrogen-bond donors (Lipinski definition) is 1. The SMILES string of the molecule is CC1CN(Cc2cccc3c2NCC3)CCS(=O)(=O)C1. The van der Waals surface area contributed by atoms with Crippen molar-refractivity contribution in [1.82, 2.24) is 4.90 Å². The summed E-state index contributed by atoms with van der Waals surface area (Å²) in [6.45, 7) is 5.40. The Balaban J connectivity index is 1.76. The molecule has 0 aromatic heterocycles. The van der Waals surface area contributed by atoms with Gasteiger partial charge >= 0.3 is 0 Å². The highest BCUT2D eigenvalue weighted by Crippen LogP contribution is 2.28. The molecule has 0 amide bonds. The van der Waals surface area contributed by atoms with Gasteiger partial charge in [0.2, 0.25) is 0 Å².